The summed E-state index contributed by atoms with van der Waals surface area (Å²) < 4.78 is 13.3. The highest BCUT2D eigenvalue weighted by atomic mass is 35.5. The van der Waals surface area contributed by atoms with Crippen LogP contribution in [0.4, 0.5) is 10.1 Å². The van der Waals surface area contributed by atoms with Gasteiger partial charge in [0.25, 0.3) is 5.91 Å². The van der Waals surface area contributed by atoms with Gasteiger partial charge in [0.2, 0.25) is 5.91 Å². The molecule has 2 aromatic rings. The van der Waals surface area contributed by atoms with Crippen LogP contribution in [-0.2, 0) is 4.79 Å². The first kappa shape index (κ1) is 15.5. The summed E-state index contributed by atoms with van der Waals surface area (Å²) in [7, 11) is 0. The van der Waals surface area contributed by atoms with Crippen LogP contribution in [0, 0.1) is 5.82 Å². The van der Waals surface area contributed by atoms with Gasteiger partial charge in [-0.2, -0.15) is 0 Å². The molecule has 1 saturated heterocycles. The molecule has 0 bridgehead atoms. The molecular weight excluding hydrogens is 319 g/mol. The summed E-state index contributed by atoms with van der Waals surface area (Å²) in [4.78, 5) is 25.7. The minimum absolute atomic E-state index is 0.142. The third kappa shape index (κ3) is 3.51. The number of nitrogens with one attached hydrogen (secondary N) is 1. The summed E-state index contributed by atoms with van der Waals surface area (Å²) in [6.45, 7) is 0.321. The van der Waals surface area contributed by atoms with E-state index in [4.69, 9.17) is 11.6 Å². The predicted molar refractivity (Wildman–Crippen MR) is 86.1 cm³/mol. The average Bonchev–Trinajstić information content (AvgIpc) is 2.88. The van der Waals surface area contributed by atoms with Crippen LogP contribution in [0.25, 0.3) is 0 Å². The molecule has 0 spiro atoms. The van der Waals surface area contributed by atoms with Gasteiger partial charge < -0.3 is 10.2 Å². The van der Waals surface area contributed by atoms with Gasteiger partial charge >= 0.3 is 0 Å². The average molecular weight is 333 g/mol. The molecule has 118 valence electrons. The summed E-state index contributed by atoms with van der Waals surface area (Å²) in [6.07, 6.45) is 0.190. The zero-order valence-corrected chi connectivity index (χ0v) is 12.9. The highest BCUT2D eigenvalue weighted by Gasteiger charge is 2.31. The summed E-state index contributed by atoms with van der Waals surface area (Å²) >= 11 is 5.79. The summed E-state index contributed by atoms with van der Waals surface area (Å²) in [5.41, 5.74) is 0.976. The molecule has 0 aromatic heterocycles. The number of carbonyl (C=O) groups excluding carboxylic acids is 2. The van der Waals surface area contributed by atoms with Crippen molar-refractivity contribution in [1.29, 1.82) is 0 Å². The molecule has 4 nitrogen and oxygen atoms in total. The van der Waals surface area contributed by atoms with Crippen molar-refractivity contribution < 1.29 is 14.0 Å². The highest BCUT2D eigenvalue weighted by Crippen LogP contribution is 2.22. The second-order valence-electron chi connectivity index (χ2n) is 5.37. The van der Waals surface area contributed by atoms with E-state index in [9.17, 15) is 14.0 Å². The topological polar surface area (TPSA) is 49.4 Å². The van der Waals surface area contributed by atoms with Crippen molar-refractivity contribution in [2.45, 2.75) is 12.5 Å². The molecule has 0 saturated carbocycles. The Kier molecular flexibility index (Phi) is 4.30. The van der Waals surface area contributed by atoms with Gasteiger partial charge in [0.05, 0.1) is 6.04 Å². The molecule has 1 aliphatic rings. The Morgan fingerprint density at radius 3 is 2.65 bits per heavy atom. The Bertz CT molecular complexity index is 749. The fourth-order valence-electron chi connectivity index (χ4n) is 2.57. The fourth-order valence-corrected chi connectivity index (χ4v) is 2.69. The number of hydrogen-bond acceptors (Lipinski definition) is 2. The fraction of sp³-hybridized carbons (Fsp3) is 0.176. The van der Waals surface area contributed by atoms with Crippen molar-refractivity contribution in [3.8, 4) is 0 Å². The summed E-state index contributed by atoms with van der Waals surface area (Å²) in [6, 6.07) is 12.1. The van der Waals surface area contributed by atoms with Crippen molar-refractivity contribution >= 4 is 29.1 Å². The van der Waals surface area contributed by atoms with Crippen LogP contribution in [-0.4, -0.2) is 24.4 Å². The number of nitrogens with zero attached hydrogens (tertiary/aromatic N) is 1. The molecule has 1 aliphatic heterocycles. The van der Waals surface area contributed by atoms with E-state index in [1.807, 2.05) is 0 Å². The number of benzene rings is 2. The Hall–Kier alpha value is -2.40. The van der Waals surface area contributed by atoms with Crippen LogP contribution in [0.3, 0.4) is 0 Å². The number of amides is 2. The monoisotopic (exact) mass is 332 g/mol. The predicted octanol–water partition coefficient (Wildman–Crippen LogP) is 3.01. The summed E-state index contributed by atoms with van der Waals surface area (Å²) in [5, 5.41) is 3.37. The van der Waals surface area contributed by atoms with Gasteiger partial charge in [0, 0.05) is 29.2 Å². The lowest BCUT2D eigenvalue weighted by Crippen LogP contribution is -2.37. The zero-order chi connectivity index (χ0) is 16.4. The molecular formula is C17H14ClFN2O2. The van der Waals surface area contributed by atoms with Crippen LogP contribution < -0.4 is 10.2 Å². The molecule has 3 rings (SSSR count). The van der Waals surface area contributed by atoms with Gasteiger partial charge in [-0.3, -0.25) is 9.59 Å². The van der Waals surface area contributed by atoms with Crippen molar-refractivity contribution in [3.63, 3.8) is 0 Å². The maximum Gasteiger partial charge on any atom is 0.251 e. The van der Waals surface area contributed by atoms with E-state index in [1.54, 1.807) is 36.4 Å². The van der Waals surface area contributed by atoms with Gasteiger partial charge in [-0.05, 0) is 42.5 Å². The maximum atomic E-state index is 13.3. The summed E-state index contributed by atoms with van der Waals surface area (Å²) in [5.74, 6) is -0.804. The van der Waals surface area contributed by atoms with Gasteiger partial charge in [0.15, 0.2) is 0 Å². The minimum atomic E-state index is -0.399. The highest BCUT2D eigenvalue weighted by molar-refractivity contribution is 6.30. The van der Waals surface area contributed by atoms with Crippen molar-refractivity contribution in [1.82, 2.24) is 5.32 Å². The molecule has 1 N–H and O–H groups in total. The first-order valence-electron chi connectivity index (χ1n) is 7.15. The third-order valence-corrected chi connectivity index (χ3v) is 3.94. The lowest BCUT2D eigenvalue weighted by atomic mass is 10.2. The van der Waals surface area contributed by atoms with Crippen LogP contribution >= 0.6 is 11.6 Å². The van der Waals surface area contributed by atoms with E-state index in [2.05, 4.69) is 5.32 Å². The Morgan fingerprint density at radius 1 is 1.22 bits per heavy atom. The van der Waals surface area contributed by atoms with E-state index >= 15 is 0 Å². The molecule has 0 unspecified atom stereocenters. The van der Waals surface area contributed by atoms with Gasteiger partial charge in [0.1, 0.15) is 5.82 Å². The molecule has 1 fully saturated rings. The second-order valence-corrected chi connectivity index (χ2v) is 5.80. The van der Waals surface area contributed by atoms with Gasteiger partial charge in [-0.1, -0.05) is 17.7 Å². The molecule has 2 aromatic carbocycles. The number of anilines is 1. The zero-order valence-electron chi connectivity index (χ0n) is 12.1. The van der Waals surface area contributed by atoms with E-state index in [-0.39, 0.29) is 24.3 Å². The van der Waals surface area contributed by atoms with E-state index in [0.29, 0.717) is 22.8 Å². The molecule has 2 amide bonds. The molecule has 6 heteroatoms. The van der Waals surface area contributed by atoms with E-state index in [1.165, 1.54) is 17.0 Å². The number of halogens is 2. The number of rotatable bonds is 3. The molecule has 23 heavy (non-hydrogen) atoms. The number of carbonyl (C=O) groups is 2. The van der Waals surface area contributed by atoms with Crippen LogP contribution in [0.1, 0.15) is 16.8 Å². The van der Waals surface area contributed by atoms with Crippen molar-refractivity contribution in [2.75, 3.05) is 11.4 Å². The quantitative estimate of drug-likeness (QED) is 0.939. The second kappa shape index (κ2) is 6.38. The lowest BCUT2D eigenvalue weighted by molar-refractivity contribution is -0.117. The Morgan fingerprint density at radius 2 is 1.96 bits per heavy atom. The third-order valence-electron chi connectivity index (χ3n) is 3.69. The number of hydrogen-bond donors (Lipinski definition) is 1. The van der Waals surface area contributed by atoms with Crippen LogP contribution in [0.15, 0.2) is 48.5 Å². The van der Waals surface area contributed by atoms with Crippen LogP contribution in [0.2, 0.25) is 5.02 Å². The van der Waals surface area contributed by atoms with Crippen LogP contribution in [0.5, 0.6) is 0 Å². The molecule has 0 aliphatic carbocycles. The standard InChI is InChI=1S/C17H14ClFN2O2/c18-12-6-4-11(5-7-12)17(23)20-14-9-16(22)21(10-14)15-3-1-2-13(19)8-15/h1-8,14H,9-10H2,(H,20,23)/t14-/m1/s1. The molecule has 0 radical (unpaired) electrons. The first-order valence-corrected chi connectivity index (χ1v) is 7.53. The van der Waals surface area contributed by atoms with Crippen molar-refractivity contribution in [2.24, 2.45) is 0 Å². The SMILES string of the molecule is O=C(N[C@@H]1CC(=O)N(c2cccc(F)c2)C1)c1ccc(Cl)cc1. The Balaban J connectivity index is 1.68. The minimum Gasteiger partial charge on any atom is -0.347 e. The first-order chi connectivity index (χ1) is 11.0. The smallest absolute Gasteiger partial charge is 0.251 e. The largest absolute Gasteiger partial charge is 0.347 e. The Labute approximate surface area is 137 Å². The maximum absolute atomic E-state index is 13.3. The normalized spacial score (nSPS) is 17.4. The van der Waals surface area contributed by atoms with E-state index < -0.39 is 5.82 Å². The van der Waals surface area contributed by atoms with Gasteiger partial charge in [-0.25, -0.2) is 4.39 Å². The molecule has 1 heterocycles. The van der Waals surface area contributed by atoms with E-state index in [0.717, 1.165) is 0 Å². The van der Waals surface area contributed by atoms with Gasteiger partial charge in [-0.15, -0.1) is 0 Å². The van der Waals surface area contributed by atoms with Crippen molar-refractivity contribution in [3.05, 3.63) is 64.9 Å². The lowest BCUT2D eigenvalue weighted by Gasteiger charge is -2.17. The molecule has 1 atom stereocenters.